The second-order valence-electron chi connectivity index (χ2n) is 8.93. The third-order valence-electron chi connectivity index (χ3n) is 4.26. The molecule has 0 aromatic carbocycles. The molecule has 0 saturated carbocycles. The standard InChI is InChI=1S/C11H16N2O3.C11H14N2O3/c2*1-5-15-10(14)8-7(6-12)9(13-16-8)11(2,3)4/h7-8H,5H2,1-4H3;5H2,1-4H3. The van der Waals surface area contributed by atoms with Gasteiger partial charge in [0.25, 0.3) is 5.76 Å². The molecule has 2 heterocycles. The van der Waals surface area contributed by atoms with Gasteiger partial charge in [-0.15, -0.1) is 0 Å². The van der Waals surface area contributed by atoms with Crippen molar-refractivity contribution in [1.29, 1.82) is 10.5 Å². The second kappa shape index (κ2) is 10.8. The molecule has 0 bridgehead atoms. The van der Waals surface area contributed by atoms with Crippen molar-refractivity contribution in [3.05, 3.63) is 17.0 Å². The van der Waals surface area contributed by atoms with Crippen molar-refractivity contribution in [2.75, 3.05) is 13.2 Å². The zero-order valence-electron chi connectivity index (χ0n) is 19.8. The number of hydrogen-bond donors (Lipinski definition) is 0. The van der Waals surface area contributed by atoms with Gasteiger partial charge in [0.2, 0.25) is 6.10 Å². The van der Waals surface area contributed by atoms with E-state index in [2.05, 4.69) is 16.4 Å². The topological polar surface area (TPSA) is 148 Å². The molecular weight excluding hydrogens is 416 g/mol. The molecule has 0 amide bonds. The fourth-order valence-corrected chi connectivity index (χ4v) is 2.75. The van der Waals surface area contributed by atoms with Crippen molar-refractivity contribution in [1.82, 2.24) is 5.16 Å². The molecule has 1 aliphatic rings. The molecule has 10 nitrogen and oxygen atoms in total. The lowest BCUT2D eigenvalue weighted by Gasteiger charge is -2.20. The Labute approximate surface area is 188 Å². The van der Waals surface area contributed by atoms with Crippen molar-refractivity contribution < 1.29 is 28.4 Å². The number of aromatic nitrogens is 1. The third-order valence-corrected chi connectivity index (χ3v) is 4.26. The van der Waals surface area contributed by atoms with Crippen LogP contribution in [0.5, 0.6) is 0 Å². The van der Waals surface area contributed by atoms with Crippen LogP contribution in [0.25, 0.3) is 0 Å². The van der Waals surface area contributed by atoms with Crippen LogP contribution >= 0.6 is 0 Å². The van der Waals surface area contributed by atoms with Gasteiger partial charge in [-0.1, -0.05) is 51.9 Å². The molecule has 0 saturated heterocycles. The lowest BCUT2D eigenvalue weighted by atomic mass is 9.81. The number of rotatable bonds is 4. The molecular formula is C22H30N4O6. The third kappa shape index (κ3) is 6.30. The molecule has 0 N–H and O–H groups in total. The molecule has 2 atom stereocenters. The van der Waals surface area contributed by atoms with E-state index >= 15 is 0 Å². The number of carbonyl (C=O) groups excluding carboxylic acids is 2. The molecule has 2 unspecified atom stereocenters. The summed E-state index contributed by atoms with van der Waals surface area (Å²) >= 11 is 0. The number of esters is 2. The van der Waals surface area contributed by atoms with E-state index < -0.39 is 24.0 Å². The number of nitrogens with zero attached hydrogens (tertiary/aromatic N) is 4. The summed E-state index contributed by atoms with van der Waals surface area (Å²) in [5.41, 5.74) is 0.582. The van der Waals surface area contributed by atoms with Crippen LogP contribution in [0.2, 0.25) is 0 Å². The maximum absolute atomic E-state index is 11.5. The molecule has 0 fully saturated rings. The Morgan fingerprint density at radius 2 is 1.62 bits per heavy atom. The fraction of sp³-hybridized carbons (Fsp3) is 0.636. The van der Waals surface area contributed by atoms with E-state index in [-0.39, 0.29) is 35.4 Å². The highest BCUT2D eigenvalue weighted by atomic mass is 16.7. The van der Waals surface area contributed by atoms with Gasteiger partial charge in [0.15, 0.2) is 0 Å². The second-order valence-corrected chi connectivity index (χ2v) is 8.93. The van der Waals surface area contributed by atoms with Gasteiger partial charge in [0.05, 0.1) is 25.0 Å². The number of oxime groups is 1. The van der Waals surface area contributed by atoms with Gasteiger partial charge < -0.3 is 18.8 Å². The zero-order chi connectivity index (χ0) is 24.7. The maximum atomic E-state index is 11.5. The predicted octanol–water partition coefficient (Wildman–Crippen LogP) is 3.51. The quantitative estimate of drug-likeness (QED) is 0.633. The summed E-state index contributed by atoms with van der Waals surface area (Å²) in [4.78, 5) is 28.0. The van der Waals surface area contributed by atoms with E-state index in [1.54, 1.807) is 13.8 Å². The highest BCUT2D eigenvalue weighted by Crippen LogP contribution is 2.30. The lowest BCUT2D eigenvalue weighted by molar-refractivity contribution is -0.156. The van der Waals surface area contributed by atoms with Crippen LogP contribution in [0, 0.1) is 34.0 Å². The Morgan fingerprint density at radius 3 is 2.06 bits per heavy atom. The minimum absolute atomic E-state index is 0.116. The van der Waals surface area contributed by atoms with Crippen LogP contribution < -0.4 is 0 Å². The Kier molecular flexibility index (Phi) is 8.96. The van der Waals surface area contributed by atoms with Crippen LogP contribution in [0.3, 0.4) is 0 Å². The molecule has 1 aromatic rings. The van der Waals surface area contributed by atoms with Gasteiger partial charge >= 0.3 is 11.9 Å². The first-order valence-corrected chi connectivity index (χ1v) is 10.2. The highest BCUT2D eigenvalue weighted by molar-refractivity contribution is 5.98. The Morgan fingerprint density at radius 1 is 1.03 bits per heavy atom. The lowest BCUT2D eigenvalue weighted by Crippen LogP contribution is -2.36. The summed E-state index contributed by atoms with van der Waals surface area (Å²) in [6, 6.07) is 3.99. The monoisotopic (exact) mass is 446 g/mol. The van der Waals surface area contributed by atoms with Crippen LogP contribution in [0.15, 0.2) is 9.68 Å². The van der Waals surface area contributed by atoms with Gasteiger partial charge in [0, 0.05) is 10.8 Å². The Hall–Kier alpha value is -3.40. The van der Waals surface area contributed by atoms with E-state index in [0.29, 0.717) is 11.4 Å². The van der Waals surface area contributed by atoms with Gasteiger partial charge in [-0.3, -0.25) is 0 Å². The summed E-state index contributed by atoms with van der Waals surface area (Å²) in [7, 11) is 0. The Balaban J connectivity index is 0.000000320. The van der Waals surface area contributed by atoms with Gasteiger partial charge in [-0.2, -0.15) is 10.5 Å². The van der Waals surface area contributed by atoms with Crippen LogP contribution in [0.1, 0.15) is 77.2 Å². The largest absolute Gasteiger partial charge is 0.463 e. The molecule has 0 spiro atoms. The van der Waals surface area contributed by atoms with Crippen molar-refractivity contribution in [2.24, 2.45) is 16.5 Å². The smallest absolute Gasteiger partial charge is 0.378 e. The zero-order valence-corrected chi connectivity index (χ0v) is 19.8. The maximum Gasteiger partial charge on any atom is 0.378 e. The highest BCUT2D eigenvalue weighted by Gasteiger charge is 2.44. The molecule has 2 rings (SSSR count). The first-order valence-electron chi connectivity index (χ1n) is 10.2. The normalized spacial score (nSPS) is 17.6. The number of carbonyl (C=O) groups is 2. The van der Waals surface area contributed by atoms with Crippen molar-refractivity contribution >= 4 is 17.7 Å². The summed E-state index contributed by atoms with van der Waals surface area (Å²) in [6.45, 7) is 15.3. The van der Waals surface area contributed by atoms with Crippen molar-refractivity contribution in [3.63, 3.8) is 0 Å². The summed E-state index contributed by atoms with van der Waals surface area (Å²) < 4.78 is 14.5. The fourth-order valence-electron chi connectivity index (χ4n) is 2.75. The van der Waals surface area contributed by atoms with Crippen LogP contribution in [-0.4, -0.2) is 42.1 Å². The van der Waals surface area contributed by atoms with Crippen LogP contribution in [-0.2, 0) is 24.5 Å². The minimum atomic E-state index is -0.917. The number of hydrogen-bond acceptors (Lipinski definition) is 10. The summed E-state index contributed by atoms with van der Waals surface area (Å²) in [5, 5.41) is 25.7. The summed E-state index contributed by atoms with van der Waals surface area (Å²) in [5.74, 6) is -1.95. The van der Waals surface area contributed by atoms with Gasteiger partial charge in [-0.25, -0.2) is 9.59 Å². The molecule has 1 aliphatic heterocycles. The van der Waals surface area contributed by atoms with Gasteiger partial charge in [0.1, 0.15) is 23.2 Å². The predicted molar refractivity (Wildman–Crippen MR) is 113 cm³/mol. The van der Waals surface area contributed by atoms with E-state index in [9.17, 15) is 9.59 Å². The first kappa shape index (κ1) is 26.6. The number of nitriles is 2. The molecule has 10 heteroatoms. The average Bonchev–Trinajstić information content (AvgIpc) is 3.32. The van der Waals surface area contributed by atoms with Crippen molar-refractivity contribution in [3.8, 4) is 12.1 Å². The average molecular weight is 447 g/mol. The summed E-state index contributed by atoms with van der Waals surface area (Å²) in [6.07, 6.45) is -0.917. The molecule has 174 valence electrons. The number of ether oxygens (including phenoxy) is 2. The molecule has 0 radical (unpaired) electrons. The van der Waals surface area contributed by atoms with E-state index in [1.165, 1.54) is 0 Å². The van der Waals surface area contributed by atoms with E-state index in [1.807, 2.05) is 47.6 Å². The van der Waals surface area contributed by atoms with Crippen LogP contribution in [0.4, 0.5) is 0 Å². The minimum Gasteiger partial charge on any atom is -0.463 e. The SMILES string of the molecule is CCOC(=O)C1ON=C(C(C)(C)C)C1C#N.CCOC(=O)c1onc(C(C)(C)C)c1C#N. The Bertz CT molecular complexity index is 938. The van der Waals surface area contributed by atoms with Crippen molar-refractivity contribution in [2.45, 2.75) is 66.9 Å². The molecule has 32 heavy (non-hydrogen) atoms. The molecule has 1 aromatic heterocycles. The molecule has 0 aliphatic carbocycles. The first-order chi connectivity index (χ1) is 14.8. The van der Waals surface area contributed by atoms with E-state index in [4.69, 9.17) is 29.4 Å². The van der Waals surface area contributed by atoms with E-state index in [0.717, 1.165) is 0 Å². The van der Waals surface area contributed by atoms with Gasteiger partial charge in [-0.05, 0) is 13.8 Å².